The summed E-state index contributed by atoms with van der Waals surface area (Å²) in [5.74, 6) is -1.98. The Hall–Kier alpha value is -3.46. The highest BCUT2D eigenvalue weighted by Crippen LogP contribution is 2.31. The van der Waals surface area contributed by atoms with E-state index in [0.29, 0.717) is 24.1 Å². The standard InChI is InChI=1S/C23H21FN2O5S/c1-2-22(27)26-11-9-15(10-12-26)16-7-8-17-14-20(31-19(17)13-16)23(28)25-32(29,30)21-6-4-3-5-18(21)24/h2-8,13-15H,1,9-12H2,(H,25,28). The number of piperidine rings is 1. The predicted octanol–water partition coefficient (Wildman–Crippen LogP) is 3.58. The van der Waals surface area contributed by atoms with E-state index in [1.165, 1.54) is 24.3 Å². The quantitative estimate of drug-likeness (QED) is 0.592. The highest BCUT2D eigenvalue weighted by molar-refractivity contribution is 7.90. The van der Waals surface area contributed by atoms with Crippen LogP contribution >= 0.6 is 0 Å². The summed E-state index contributed by atoms with van der Waals surface area (Å²) < 4.78 is 46.0. The first-order chi connectivity index (χ1) is 15.3. The van der Waals surface area contributed by atoms with Crippen LogP contribution in [0, 0.1) is 5.82 Å². The van der Waals surface area contributed by atoms with Gasteiger partial charge < -0.3 is 9.32 Å². The monoisotopic (exact) mass is 456 g/mol. The molecular weight excluding hydrogens is 435 g/mol. The number of sulfonamides is 1. The third-order valence-corrected chi connectivity index (χ3v) is 6.94. The first-order valence-corrected chi connectivity index (χ1v) is 11.5. The predicted molar refractivity (Wildman–Crippen MR) is 116 cm³/mol. The van der Waals surface area contributed by atoms with Gasteiger partial charge in [-0.05, 0) is 54.7 Å². The summed E-state index contributed by atoms with van der Waals surface area (Å²) in [6.45, 7) is 4.78. The Morgan fingerprint density at radius 2 is 1.84 bits per heavy atom. The molecular formula is C23H21FN2O5S. The van der Waals surface area contributed by atoms with Gasteiger partial charge >= 0.3 is 5.91 Å². The first-order valence-electron chi connectivity index (χ1n) is 10.0. The molecule has 0 unspecified atom stereocenters. The van der Waals surface area contributed by atoms with E-state index in [2.05, 4.69) is 6.58 Å². The minimum atomic E-state index is -4.39. The Morgan fingerprint density at radius 1 is 1.12 bits per heavy atom. The molecule has 32 heavy (non-hydrogen) atoms. The summed E-state index contributed by atoms with van der Waals surface area (Å²) in [4.78, 5) is 25.4. The molecule has 7 nitrogen and oxygen atoms in total. The lowest BCUT2D eigenvalue weighted by molar-refractivity contribution is -0.127. The molecule has 166 valence electrons. The number of hydrogen-bond acceptors (Lipinski definition) is 5. The Kier molecular flexibility index (Phi) is 5.84. The summed E-state index contributed by atoms with van der Waals surface area (Å²) in [6, 6.07) is 11.8. The fourth-order valence-corrected chi connectivity index (χ4v) is 4.90. The minimum absolute atomic E-state index is 0.0778. The smallest absolute Gasteiger partial charge is 0.300 e. The van der Waals surface area contributed by atoms with Crippen LogP contribution in [0.3, 0.4) is 0 Å². The number of halogens is 1. The van der Waals surface area contributed by atoms with E-state index in [4.69, 9.17) is 4.42 Å². The molecule has 4 rings (SSSR count). The molecule has 0 spiro atoms. The number of furan rings is 1. The van der Waals surface area contributed by atoms with E-state index in [-0.39, 0.29) is 17.6 Å². The Bertz CT molecular complexity index is 1310. The number of likely N-dealkylation sites (tertiary alicyclic amines) is 1. The molecule has 2 aromatic carbocycles. The van der Waals surface area contributed by atoms with Gasteiger partial charge in [0.2, 0.25) is 5.91 Å². The molecule has 9 heteroatoms. The van der Waals surface area contributed by atoms with Crippen molar-refractivity contribution < 1.29 is 26.8 Å². The minimum Gasteiger partial charge on any atom is -0.451 e. The van der Waals surface area contributed by atoms with Crippen LogP contribution in [0.1, 0.15) is 34.9 Å². The van der Waals surface area contributed by atoms with Crippen molar-refractivity contribution >= 4 is 32.8 Å². The van der Waals surface area contributed by atoms with Crippen LogP contribution in [0.25, 0.3) is 11.0 Å². The van der Waals surface area contributed by atoms with Crippen LogP contribution in [0.5, 0.6) is 0 Å². The van der Waals surface area contributed by atoms with Crippen LogP contribution in [0.15, 0.2) is 70.5 Å². The second-order valence-corrected chi connectivity index (χ2v) is 9.23. The molecule has 1 N–H and O–H groups in total. The van der Waals surface area contributed by atoms with E-state index in [1.807, 2.05) is 16.9 Å². The van der Waals surface area contributed by atoms with Gasteiger partial charge in [-0.3, -0.25) is 9.59 Å². The molecule has 0 radical (unpaired) electrons. The van der Waals surface area contributed by atoms with Gasteiger partial charge in [0.1, 0.15) is 16.3 Å². The Morgan fingerprint density at radius 3 is 2.53 bits per heavy atom. The number of amides is 2. The molecule has 3 aromatic rings. The van der Waals surface area contributed by atoms with Crippen molar-refractivity contribution in [3.05, 3.63) is 78.3 Å². The van der Waals surface area contributed by atoms with E-state index in [1.54, 1.807) is 11.0 Å². The molecule has 1 aromatic heterocycles. The van der Waals surface area contributed by atoms with Crippen molar-refractivity contribution in [3.8, 4) is 0 Å². The average Bonchev–Trinajstić information content (AvgIpc) is 3.22. The van der Waals surface area contributed by atoms with Crippen LogP contribution in [-0.2, 0) is 14.8 Å². The third kappa shape index (κ3) is 4.29. The van der Waals surface area contributed by atoms with Crippen molar-refractivity contribution in [1.82, 2.24) is 9.62 Å². The van der Waals surface area contributed by atoms with Crippen molar-refractivity contribution in [2.45, 2.75) is 23.7 Å². The number of carbonyl (C=O) groups excluding carboxylic acids is 2. The van der Waals surface area contributed by atoms with Gasteiger partial charge in [-0.1, -0.05) is 30.8 Å². The SMILES string of the molecule is C=CC(=O)N1CCC(c2ccc3cc(C(=O)NS(=O)(=O)c4ccccc4F)oc3c2)CC1. The van der Waals surface area contributed by atoms with Gasteiger partial charge in [-0.2, -0.15) is 0 Å². The lowest BCUT2D eigenvalue weighted by Crippen LogP contribution is -2.36. The van der Waals surface area contributed by atoms with Gasteiger partial charge in [-0.25, -0.2) is 17.5 Å². The first kappa shape index (κ1) is 21.8. The number of nitrogens with zero attached hydrogens (tertiary/aromatic N) is 1. The fourth-order valence-electron chi connectivity index (χ4n) is 3.87. The molecule has 1 fully saturated rings. The maximum absolute atomic E-state index is 13.8. The van der Waals surface area contributed by atoms with E-state index in [0.717, 1.165) is 30.5 Å². The molecule has 2 amide bonds. The zero-order chi connectivity index (χ0) is 22.9. The van der Waals surface area contributed by atoms with E-state index >= 15 is 0 Å². The average molecular weight is 456 g/mol. The van der Waals surface area contributed by atoms with Gasteiger partial charge in [-0.15, -0.1) is 0 Å². The van der Waals surface area contributed by atoms with Gasteiger partial charge in [0, 0.05) is 18.5 Å². The van der Waals surface area contributed by atoms with Gasteiger partial charge in [0.15, 0.2) is 5.76 Å². The molecule has 2 heterocycles. The third-order valence-electron chi connectivity index (χ3n) is 5.57. The van der Waals surface area contributed by atoms with Crippen molar-refractivity contribution in [2.24, 2.45) is 0 Å². The summed E-state index contributed by atoms with van der Waals surface area (Å²) in [6.07, 6.45) is 2.90. The Balaban J connectivity index is 1.51. The highest BCUT2D eigenvalue weighted by atomic mass is 32.2. The largest absolute Gasteiger partial charge is 0.451 e. The van der Waals surface area contributed by atoms with Gasteiger partial charge in [0.05, 0.1) is 0 Å². The lowest BCUT2D eigenvalue weighted by atomic mass is 9.89. The highest BCUT2D eigenvalue weighted by Gasteiger charge is 2.25. The van der Waals surface area contributed by atoms with Crippen LogP contribution in [0.2, 0.25) is 0 Å². The fraction of sp³-hybridized carbons (Fsp3) is 0.217. The number of carbonyl (C=O) groups is 2. The van der Waals surface area contributed by atoms with Crippen LogP contribution in [0.4, 0.5) is 4.39 Å². The number of rotatable bonds is 5. The molecule has 0 saturated carbocycles. The molecule has 1 aliphatic heterocycles. The normalized spacial score (nSPS) is 15.0. The molecule has 0 bridgehead atoms. The molecule has 0 atom stereocenters. The molecule has 0 aliphatic carbocycles. The zero-order valence-electron chi connectivity index (χ0n) is 17.1. The summed E-state index contributed by atoms with van der Waals surface area (Å²) in [5.41, 5.74) is 1.46. The summed E-state index contributed by atoms with van der Waals surface area (Å²) in [5, 5.41) is 0.640. The Labute approximate surface area is 184 Å². The van der Waals surface area contributed by atoms with Crippen LogP contribution < -0.4 is 4.72 Å². The number of benzene rings is 2. The van der Waals surface area contributed by atoms with Gasteiger partial charge in [0.25, 0.3) is 10.0 Å². The number of fused-ring (bicyclic) bond motifs is 1. The number of nitrogens with one attached hydrogen (secondary N) is 1. The topological polar surface area (TPSA) is 96.7 Å². The maximum atomic E-state index is 13.8. The summed E-state index contributed by atoms with van der Waals surface area (Å²) in [7, 11) is -4.39. The van der Waals surface area contributed by atoms with Crippen LogP contribution in [-0.4, -0.2) is 38.2 Å². The molecule has 1 saturated heterocycles. The zero-order valence-corrected chi connectivity index (χ0v) is 17.9. The van der Waals surface area contributed by atoms with Crippen molar-refractivity contribution in [3.63, 3.8) is 0 Å². The molecule has 1 aliphatic rings. The second kappa shape index (κ2) is 8.58. The maximum Gasteiger partial charge on any atom is 0.300 e. The van der Waals surface area contributed by atoms with Crippen molar-refractivity contribution in [1.29, 1.82) is 0 Å². The number of hydrogen-bond donors (Lipinski definition) is 1. The summed E-state index contributed by atoms with van der Waals surface area (Å²) >= 11 is 0. The van der Waals surface area contributed by atoms with E-state index in [9.17, 15) is 22.4 Å². The van der Waals surface area contributed by atoms with E-state index < -0.39 is 26.6 Å². The van der Waals surface area contributed by atoms with Crippen molar-refractivity contribution in [2.75, 3.05) is 13.1 Å². The lowest BCUT2D eigenvalue weighted by Gasteiger charge is -2.31. The second-order valence-electron chi connectivity index (χ2n) is 7.58.